The van der Waals surface area contributed by atoms with Crippen molar-refractivity contribution in [3.8, 4) is 5.75 Å². The Morgan fingerprint density at radius 2 is 2.14 bits per heavy atom. The minimum absolute atomic E-state index is 0.269. The van der Waals surface area contributed by atoms with Crippen molar-refractivity contribution in [3.05, 3.63) is 34.7 Å². The van der Waals surface area contributed by atoms with Gasteiger partial charge in [-0.25, -0.2) is 0 Å². The summed E-state index contributed by atoms with van der Waals surface area (Å²) in [6.07, 6.45) is 0.646. The lowest BCUT2D eigenvalue weighted by atomic mass is 9.90. The van der Waals surface area contributed by atoms with Crippen LogP contribution in [0.5, 0.6) is 5.75 Å². The van der Waals surface area contributed by atoms with Gasteiger partial charge in [-0.3, -0.25) is 0 Å². The van der Waals surface area contributed by atoms with Gasteiger partial charge in [0.2, 0.25) is 0 Å². The fourth-order valence-electron chi connectivity index (χ4n) is 1.86. The topological polar surface area (TPSA) is 38.7 Å². The van der Waals surface area contributed by atoms with E-state index in [1.807, 2.05) is 38.1 Å². The van der Waals surface area contributed by atoms with E-state index >= 15 is 0 Å². The molecule has 1 aromatic carbocycles. The van der Waals surface area contributed by atoms with Crippen LogP contribution in [0.1, 0.15) is 31.9 Å². The van der Waals surface area contributed by atoms with E-state index in [-0.39, 0.29) is 11.6 Å². The largest absolute Gasteiger partial charge is 0.487 e. The maximum Gasteiger partial charge on any atom is 0.125 e. The van der Waals surface area contributed by atoms with Gasteiger partial charge >= 0.3 is 0 Å². The molecule has 0 aromatic heterocycles. The fourth-order valence-corrected chi connectivity index (χ4v) is 1.86. The maximum absolute atomic E-state index is 10.7. The van der Waals surface area contributed by atoms with E-state index in [1.54, 1.807) is 0 Å². The van der Waals surface area contributed by atoms with Crippen LogP contribution in [0.4, 0.5) is 0 Å². The zero-order valence-electron chi connectivity index (χ0n) is 8.36. The maximum atomic E-state index is 10.7. The Labute approximate surface area is 83.1 Å². The van der Waals surface area contributed by atoms with Crippen molar-refractivity contribution in [2.75, 3.05) is 0 Å². The van der Waals surface area contributed by atoms with Crippen molar-refractivity contribution in [2.24, 2.45) is 5.18 Å². The molecule has 0 fully saturated rings. The average molecular weight is 191 g/mol. The lowest BCUT2D eigenvalue weighted by Gasteiger charge is -2.34. The quantitative estimate of drug-likeness (QED) is 0.640. The van der Waals surface area contributed by atoms with Gasteiger partial charge in [0.05, 0.1) is 0 Å². The minimum atomic E-state index is -0.299. The Hall–Kier alpha value is -1.38. The monoisotopic (exact) mass is 191 g/mol. The molecule has 3 nitrogen and oxygen atoms in total. The zero-order chi connectivity index (χ0) is 10.2. The molecule has 0 aliphatic carbocycles. The van der Waals surface area contributed by atoms with Crippen LogP contribution < -0.4 is 4.74 Å². The molecule has 0 N–H and O–H groups in total. The molecule has 0 amide bonds. The molecule has 1 aliphatic heterocycles. The average Bonchev–Trinajstić information content (AvgIpc) is 2.15. The van der Waals surface area contributed by atoms with E-state index < -0.39 is 0 Å². The predicted octanol–water partition coefficient (Wildman–Crippen LogP) is 3.06. The van der Waals surface area contributed by atoms with E-state index in [2.05, 4.69) is 5.18 Å². The standard InChI is InChI=1S/C11H13NO2/c1-11(2)7-9(12-13)8-5-3-4-6-10(8)14-11/h3-6,9H,7H2,1-2H3. The first-order valence-corrected chi connectivity index (χ1v) is 4.73. The SMILES string of the molecule is CC1(C)CC(N=O)c2ccccc2O1. The molecule has 0 saturated carbocycles. The summed E-state index contributed by atoms with van der Waals surface area (Å²) in [5, 5.41) is 3.15. The van der Waals surface area contributed by atoms with Crippen LogP contribution in [0.3, 0.4) is 0 Å². The number of fused-ring (bicyclic) bond motifs is 1. The molecule has 1 atom stereocenters. The van der Waals surface area contributed by atoms with Gasteiger partial charge in [0.15, 0.2) is 0 Å². The summed E-state index contributed by atoms with van der Waals surface area (Å²) in [5.74, 6) is 0.786. The number of para-hydroxylation sites is 1. The molecule has 1 unspecified atom stereocenters. The van der Waals surface area contributed by atoms with Crippen molar-refractivity contribution < 1.29 is 4.74 Å². The molecular formula is C11H13NO2. The summed E-state index contributed by atoms with van der Waals surface area (Å²) in [6.45, 7) is 3.95. The molecule has 0 radical (unpaired) electrons. The molecular weight excluding hydrogens is 178 g/mol. The second-order valence-electron chi connectivity index (χ2n) is 4.22. The third kappa shape index (κ3) is 1.50. The minimum Gasteiger partial charge on any atom is -0.487 e. The van der Waals surface area contributed by atoms with E-state index in [0.717, 1.165) is 11.3 Å². The van der Waals surface area contributed by atoms with Gasteiger partial charge in [-0.15, -0.1) is 0 Å². The van der Waals surface area contributed by atoms with Gasteiger partial charge in [0.25, 0.3) is 0 Å². The van der Waals surface area contributed by atoms with Crippen LogP contribution in [0.15, 0.2) is 29.4 Å². The van der Waals surface area contributed by atoms with Crippen LogP contribution in [0, 0.1) is 4.91 Å². The summed E-state index contributed by atoms with van der Waals surface area (Å²) in [7, 11) is 0. The second-order valence-corrected chi connectivity index (χ2v) is 4.22. The molecule has 3 heteroatoms. The fraction of sp³-hybridized carbons (Fsp3) is 0.455. The highest BCUT2D eigenvalue weighted by atomic mass is 16.5. The first-order chi connectivity index (χ1) is 6.62. The summed E-state index contributed by atoms with van der Waals surface area (Å²) in [6, 6.07) is 7.32. The Morgan fingerprint density at radius 3 is 2.86 bits per heavy atom. The molecule has 0 bridgehead atoms. The second kappa shape index (κ2) is 3.08. The highest BCUT2D eigenvalue weighted by Crippen LogP contribution is 2.40. The van der Waals surface area contributed by atoms with Crippen molar-refractivity contribution >= 4 is 0 Å². The number of ether oxygens (including phenoxy) is 1. The molecule has 0 saturated heterocycles. The number of nitrogens with zero attached hydrogens (tertiary/aromatic N) is 1. The Morgan fingerprint density at radius 1 is 1.43 bits per heavy atom. The Balaban J connectivity index is 2.46. The van der Waals surface area contributed by atoms with Crippen LogP contribution in [-0.2, 0) is 0 Å². The first-order valence-electron chi connectivity index (χ1n) is 4.73. The van der Waals surface area contributed by atoms with E-state index in [0.29, 0.717) is 6.42 Å². The normalized spacial score (nSPS) is 23.4. The molecule has 0 spiro atoms. The lowest BCUT2D eigenvalue weighted by Crippen LogP contribution is -2.34. The van der Waals surface area contributed by atoms with Crippen LogP contribution in [0.25, 0.3) is 0 Å². The molecule has 1 heterocycles. The molecule has 1 aromatic rings. The number of hydrogen-bond donors (Lipinski definition) is 0. The molecule has 1 aliphatic rings. The van der Waals surface area contributed by atoms with Gasteiger partial charge < -0.3 is 4.74 Å². The Bertz CT molecular complexity index is 360. The zero-order valence-corrected chi connectivity index (χ0v) is 8.36. The number of rotatable bonds is 1. The summed E-state index contributed by atoms with van der Waals surface area (Å²) in [5.41, 5.74) is 0.606. The van der Waals surface area contributed by atoms with Gasteiger partial charge in [0, 0.05) is 12.0 Å². The number of nitroso groups, excluding NO2 is 1. The predicted molar refractivity (Wildman–Crippen MR) is 54.3 cm³/mol. The summed E-state index contributed by atoms with van der Waals surface area (Å²) in [4.78, 5) is 10.7. The van der Waals surface area contributed by atoms with Crippen LogP contribution in [0.2, 0.25) is 0 Å². The molecule has 2 rings (SSSR count). The van der Waals surface area contributed by atoms with Crippen molar-refractivity contribution in [1.29, 1.82) is 0 Å². The van der Waals surface area contributed by atoms with E-state index in [4.69, 9.17) is 4.74 Å². The highest BCUT2D eigenvalue weighted by molar-refractivity contribution is 5.38. The summed E-state index contributed by atoms with van der Waals surface area (Å²) >= 11 is 0. The summed E-state index contributed by atoms with van der Waals surface area (Å²) < 4.78 is 5.75. The van der Waals surface area contributed by atoms with Crippen LogP contribution in [-0.4, -0.2) is 5.60 Å². The molecule has 14 heavy (non-hydrogen) atoms. The van der Waals surface area contributed by atoms with Gasteiger partial charge in [-0.05, 0) is 19.9 Å². The van der Waals surface area contributed by atoms with E-state index in [1.165, 1.54) is 0 Å². The smallest absolute Gasteiger partial charge is 0.125 e. The van der Waals surface area contributed by atoms with Gasteiger partial charge in [-0.1, -0.05) is 23.4 Å². The number of benzene rings is 1. The van der Waals surface area contributed by atoms with Gasteiger partial charge in [0.1, 0.15) is 17.4 Å². The first kappa shape index (κ1) is 9.19. The third-order valence-electron chi connectivity index (χ3n) is 2.48. The third-order valence-corrected chi connectivity index (χ3v) is 2.48. The Kier molecular flexibility index (Phi) is 2.02. The van der Waals surface area contributed by atoms with Gasteiger partial charge in [-0.2, -0.15) is 4.91 Å². The van der Waals surface area contributed by atoms with Crippen LogP contribution >= 0.6 is 0 Å². The van der Waals surface area contributed by atoms with E-state index in [9.17, 15) is 4.91 Å². The van der Waals surface area contributed by atoms with Crippen molar-refractivity contribution in [1.82, 2.24) is 0 Å². The highest BCUT2D eigenvalue weighted by Gasteiger charge is 2.34. The number of hydrogen-bond acceptors (Lipinski definition) is 3. The van der Waals surface area contributed by atoms with Crippen molar-refractivity contribution in [3.63, 3.8) is 0 Å². The molecule has 74 valence electrons. The lowest BCUT2D eigenvalue weighted by molar-refractivity contribution is 0.0730. The van der Waals surface area contributed by atoms with Crippen molar-refractivity contribution in [2.45, 2.75) is 31.9 Å².